The van der Waals surface area contributed by atoms with Crippen LogP contribution in [0.3, 0.4) is 0 Å². The van der Waals surface area contributed by atoms with Crippen molar-refractivity contribution in [2.24, 2.45) is 0 Å². The van der Waals surface area contributed by atoms with E-state index in [0.29, 0.717) is 42.0 Å². The highest BCUT2D eigenvalue weighted by Gasteiger charge is 2.14. The Hall–Kier alpha value is -2.70. The number of aryl methyl sites for hydroxylation is 1. The van der Waals surface area contributed by atoms with Crippen molar-refractivity contribution in [1.82, 2.24) is 0 Å². The first kappa shape index (κ1) is 23.0. The number of ether oxygens (including phenoxy) is 2. The number of benzene rings is 3. The van der Waals surface area contributed by atoms with Gasteiger partial charge in [0.25, 0.3) is 0 Å². The first-order valence-corrected chi connectivity index (χ1v) is 11.0. The molecule has 2 N–H and O–H groups in total. The molecule has 0 aliphatic carbocycles. The molecule has 3 aromatic carbocycles. The topological polar surface area (TPSA) is 67.8 Å². The molecule has 0 saturated carbocycles. The molecule has 31 heavy (non-hydrogen) atoms. The number of carboxylic acids is 1. The zero-order valence-corrected chi connectivity index (χ0v) is 19.6. The lowest BCUT2D eigenvalue weighted by atomic mass is 10.1. The van der Waals surface area contributed by atoms with Gasteiger partial charge in [0.15, 0.2) is 11.5 Å². The number of nitrogens with one attached hydrogen (secondary N) is 1. The Morgan fingerprint density at radius 2 is 1.90 bits per heavy atom. The van der Waals surface area contributed by atoms with Gasteiger partial charge in [0.1, 0.15) is 6.61 Å². The molecule has 0 amide bonds. The van der Waals surface area contributed by atoms with Crippen LogP contribution in [-0.4, -0.2) is 17.7 Å². The molecule has 0 atom stereocenters. The van der Waals surface area contributed by atoms with Gasteiger partial charge in [-0.2, -0.15) is 0 Å². The van der Waals surface area contributed by atoms with Crippen molar-refractivity contribution >= 4 is 39.2 Å². The Kier molecular flexibility index (Phi) is 7.82. The third-order valence-electron chi connectivity index (χ3n) is 4.70. The van der Waals surface area contributed by atoms with E-state index in [4.69, 9.17) is 21.1 Å². The molecule has 0 spiro atoms. The Bertz CT molecular complexity index is 1090. The standard InChI is InChI=1S/C24H23BrClNO4/c1-3-30-22-11-16(13-27-21-12-17(24(28)29)8-9-20(21)26)10-19(25)23(22)31-14-18-7-5-4-6-15(18)2/h4-12,27H,3,13-14H2,1-2H3,(H,28,29). The molecule has 7 heteroatoms. The molecule has 0 bridgehead atoms. The van der Waals surface area contributed by atoms with E-state index in [2.05, 4.69) is 34.2 Å². The van der Waals surface area contributed by atoms with Crippen LogP contribution in [0.5, 0.6) is 11.5 Å². The summed E-state index contributed by atoms with van der Waals surface area (Å²) in [5.74, 6) is 0.267. The fourth-order valence-corrected chi connectivity index (χ4v) is 3.83. The van der Waals surface area contributed by atoms with E-state index < -0.39 is 5.97 Å². The van der Waals surface area contributed by atoms with Crippen LogP contribution in [0.4, 0.5) is 5.69 Å². The minimum Gasteiger partial charge on any atom is -0.490 e. The second-order valence-corrected chi connectivity index (χ2v) is 8.17. The monoisotopic (exact) mass is 503 g/mol. The summed E-state index contributed by atoms with van der Waals surface area (Å²) in [6.45, 7) is 5.33. The molecule has 0 aromatic heterocycles. The summed E-state index contributed by atoms with van der Waals surface area (Å²) in [7, 11) is 0. The van der Waals surface area contributed by atoms with Gasteiger partial charge in [-0.25, -0.2) is 4.79 Å². The minimum atomic E-state index is -1.00. The Balaban J connectivity index is 1.79. The lowest BCUT2D eigenvalue weighted by molar-refractivity contribution is 0.0697. The van der Waals surface area contributed by atoms with Crippen molar-refractivity contribution in [2.45, 2.75) is 27.0 Å². The van der Waals surface area contributed by atoms with Crippen molar-refractivity contribution in [3.05, 3.63) is 86.3 Å². The smallest absolute Gasteiger partial charge is 0.335 e. The molecule has 0 aliphatic heterocycles. The molecule has 0 saturated heterocycles. The highest BCUT2D eigenvalue weighted by Crippen LogP contribution is 2.38. The van der Waals surface area contributed by atoms with Crippen molar-refractivity contribution in [2.75, 3.05) is 11.9 Å². The minimum absolute atomic E-state index is 0.169. The quantitative estimate of drug-likeness (QED) is 0.339. The van der Waals surface area contributed by atoms with Gasteiger partial charge in [-0.05, 0) is 76.8 Å². The van der Waals surface area contributed by atoms with Gasteiger partial charge < -0.3 is 19.9 Å². The van der Waals surface area contributed by atoms with E-state index in [1.807, 2.05) is 37.3 Å². The van der Waals surface area contributed by atoms with Crippen LogP contribution in [0, 0.1) is 6.92 Å². The Labute approximate surface area is 195 Å². The highest BCUT2D eigenvalue weighted by atomic mass is 79.9. The number of halogens is 2. The molecule has 3 aromatic rings. The average Bonchev–Trinajstić information content (AvgIpc) is 2.73. The lowest BCUT2D eigenvalue weighted by Gasteiger charge is -2.17. The summed E-state index contributed by atoms with van der Waals surface area (Å²) in [6, 6.07) is 16.5. The van der Waals surface area contributed by atoms with Gasteiger partial charge in [0, 0.05) is 6.54 Å². The molecule has 3 rings (SSSR count). The van der Waals surface area contributed by atoms with E-state index in [1.165, 1.54) is 12.1 Å². The maximum Gasteiger partial charge on any atom is 0.335 e. The van der Waals surface area contributed by atoms with Crippen LogP contribution in [0.25, 0.3) is 0 Å². The number of rotatable bonds is 9. The van der Waals surface area contributed by atoms with E-state index in [9.17, 15) is 9.90 Å². The van der Waals surface area contributed by atoms with Crippen LogP contribution in [-0.2, 0) is 13.2 Å². The molecular formula is C24H23BrClNO4. The summed E-state index contributed by atoms with van der Waals surface area (Å²) >= 11 is 9.80. The number of anilines is 1. The second-order valence-electron chi connectivity index (χ2n) is 6.91. The Morgan fingerprint density at radius 1 is 1.13 bits per heavy atom. The number of carboxylic acid groups (broad SMARTS) is 1. The van der Waals surface area contributed by atoms with Crippen LogP contribution in [0.1, 0.15) is 34.0 Å². The third kappa shape index (κ3) is 5.93. The Morgan fingerprint density at radius 3 is 2.61 bits per heavy atom. The van der Waals surface area contributed by atoms with E-state index in [1.54, 1.807) is 6.07 Å². The van der Waals surface area contributed by atoms with Crippen LogP contribution in [0.2, 0.25) is 5.02 Å². The van der Waals surface area contributed by atoms with Crippen molar-refractivity contribution in [3.8, 4) is 11.5 Å². The molecule has 0 radical (unpaired) electrons. The number of aromatic carboxylic acids is 1. The van der Waals surface area contributed by atoms with Crippen LogP contribution in [0.15, 0.2) is 59.1 Å². The van der Waals surface area contributed by atoms with Crippen LogP contribution >= 0.6 is 27.5 Å². The van der Waals surface area contributed by atoms with Crippen molar-refractivity contribution < 1.29 is 19.4 Å². The molecule has 0 aliphatic rings. The van der Waals surface area contributed by atoms with Crippen molar-refractivity contribution in [1.29, 1.82) is 0 Å². The molecule has 0 unspecified atom stereocenters. The summed E-state index contributed by atoms with van der Waals surface area (Å²) in [5.41, 5.74) is 3.92. The number of carbonyl (C=O) groups is 1. The van der Waals surface area contributed by atoms with E-state index >= 15 is 0 Å². The highest BCUT2D eigenvalue weighted by molar-refractivity contribution is 9.10. The summed E-state index contributed by atoms with van der Waals surface area (Å²) < 4.78 is 12.7. The fraction of sp³-hybridized carbons (Fsp3) is 0.208. The third-order valence-corrected chi connectivity index (χ3v) is 5.62. The summed E-state index contributed by atoms with van der Waals surface area (Å²) in [4.78, 5) is 11.2. The predicted octanol–water partition coefficient (Wildman–Crippen LogP) is 6.70. The molecule has 0 fully saturated rings. The van der Waals surface area contributed by atoms with Gasteiger partial charge in [-0.3, -0.25) is 0 Å². The first-order valence-electron chi connectivity index (χ1n) is 9.78. The first-order chi connectivity index (χ1) is 14.9. The normalized spacial score (nSPS) is 10.6. The van der Waals surface area contributed by atoms with Crippen molar-refractivity contribution in [3.63, 3.8) is 0 Å². The van der Waals surface area contributed by atoms with Gasteiger partial charge >= 0.3 is 5.97 Å². The van der Waals surface area contributed by atoms with Gasteiger partial charge in [-0.15, -0.1) is 0 Å². The maximum absolute atomic E-state index is 11.2. The number of hydrogen-bond donors (Lipinski definition) is 2. The molecular weight excluding hydrogens is 482 g/mol. The molecule has 0 heterocycles. The summed E-state index contributed by atoms with van der Waals surface area (Å²) in [6.07, 6.45) is 0. The molecule has 5 nitrogen and oxygen atoms in total. The maximum atomic E-state index is 11.2. The largest absolute Gasteiger partial charge is 0.490 e. The lowest BCUT2D eigenvalue weighted by Crippen LogP contribution is -2.05. The van der Waals surface area contributed by atoms with Crippen LogP contribution < -0.4 is 14.8 Å². The van der Waals surface area contributed by atoms with E-state index in [-0.39, 0.29) is 5.56 Å². The van der Waals surface area contributed by atoms with Gasteiger partial charge in [0.2, 0.25) is 0 Å². The number of hydrogen-bond acceptors (Lipinski definition) is 4. The molecule has 162 valence electrons. The average molecular weight is 505 g/mol. The summed E-state index contributed by atoms with van der Waals surface area (Å²) in [5, 5.41) is 12.8. The van der Waals surface area contributed by atoms with Gasteiger partial charge in [-0.1, -0.05) is 35.9 Å². The second kappa shape index (κ2) is 10.6. The van der Waals surface area contributed by atoms with Gasteiger partial charge in [0.05, 0.1) is 27.4 Å². The fourth-order valence-electron chi connectivity index (χ4n) is 3.04. The SMILES string of the molecule is CCOc1cc(CNc2cc(C(=O)O)ccc2Cl)cc(Br)c1OCc1ccccc1C. The van der Waals surface area contributed by atoms with E-state index in [0.717, 1.165) is 21.2 Å². The zero-order chi connectivity index (χ0) is 22.4. The predicted molar refractivity (Wildman–Crippen MR) is 127 cm³/mol. The zero-order valence-electron chi connectivity index (χ0n) is 17.2.